The monoisotopic (exact) mass is 393 g/mol. The van der Waals surface area contributed by atoms with Gasteiger partial charge in [0, 0.05) is 11.8 Å². The number of ether oxygens (including phenoxy) is 3. The Morgan fingerprint density at radius 2 is 1.96 bits per heavy atom. The Labute approximate surface area is 160 Å². The lowest BCUT2D eigenvalue weighted by atomic mass is 10.2. The molecule has 0 atom stereocenters. The molecule has 0 unspecified atom stereocenters. The number of benzene rings is 2. The highest BCUT2D eigenvalue weighted by atomic mass is 35.5. The van der Waals surface area contributed by atoms with E-state index in [2.05, 4.69) is 5.32 Å². The van der Waals surface area contributed by atoms with Crippen LogP contribution in [-0.2, 0) is 14.3 Å². The molecule has 27 heavy (non-hydrogen) atoms. The van der Waals surface area contributed by atoms with Crippen molar-refractivity contribution in [3.05, 3.63) is 58.9 Å². The Morgan fingerprint density at radius 1 is 1.19 bits per heavy atom. The number of carbonyl (C=O) groups is 2. The predicted molar refractivity (Wildman–Crippen MR) is 99.6 cm³/mol. The van der Waals surface area contributed by atoms with Gasteiger partial charge in [-0.15, -0.1) is 0 Å². The molecule has 2 aromatic rings. The molecular weight excluding hydrogens is 377 g/mol. The molecule has 2 rings (SSSR count). The number of esters is 1. The van der Waals surface area contributed by atoms with Crippen LogP contribution >= 0.6 is 11.6 Å². The van der Waals surface area contributed by atoms with Crippen molar-refractivity contribution in [1.82, 2.24) is 0 Å². The highest BCUT2D eigenvalue weighted by Gasteiger charge is 2.10. The fourth-order valence-corrected chi connectivity index (χ4v) is 2.44. The molecule has 0 saturated heterocycles. The zero-order valence-corrected chi connectivity index (χ0v) is 15.4. The third-order valence-corrected chi connectivity index (χ3v) is 3.60. The van der Waals surface area contributed by atoms with E-state index in [1.54, 1.807) is 12.1 Å². The largest absolute Gasteiger partial charge is 0.493 e. The van der Waals surface area contributed by atoms with Crippen molar-refractivity contribution in [1.29, 1.82) is 0 Å². The first-order valence-corrected chi connectivity index (χ1v) is 8.12. The number of hydrogen-bond donors (Lipinski definition) is 1. The van der Waals surface area contributed by atoms with Gasteiger partial charge in [0.2, 0.25) is 0 Å². The van der Waals surface area contributed by atoms with Crippen LogP contribution in [0.3, 0.4) is 0 Å². The molecular formula is C19H17ClFNO5. The standard InChI is InChI=1S/C19H17ClFNO5/c1-25-16-9-12(8-15(20)19(16)26-2)6-7-18(24)27-11-17(23)22-14-5-3-4-13(21)10-14/h3-10H,11H2,1-2H3,(H,22,23)/b7-6+. The van der Waals surface area contributed by atoms with Crippen molar-refractivity contribution >= 4 is 35.2 Å². The Hall–Kier alpha value is -3.06. The first-order chi connectivity index (χ1) is 12.9. The molecule has 1 N–H and O–H groups in total. The molecule has 0 radical (unpaired) electrons. The Bertz CT molecular complexity index is 869. The van der Waals surface area contributed by atoms with E-state index in [1.807, 2.05) is 0 Å². The second-order valence-corrected chi connectivity index (χ2v) is 5.65. The minimum atomic E-state index is -0.727. The highest BCUT2D eigenvalue weighted by Crippen LogP contribution is 2.36. The molecule has 8 heteroatoms. The molecule has 0 aromatic heterocycles. The van der Waals surface area contributed by atoms with Crippen LogP contribution in [-0.4, -0.2) is 32.7 Å². The summed E-state index contributed by atoms with van der Waals surface area (Å²) in [6.45, 7) is -0.508. The number of nitrogens with one attached hydrogen (secondary N) is 1. The topological polar surface area (TPSA) is 73.9 Å². The second kappa shape index (κ2) is 9.59. The lowest BCUT2D eigenvalue weighted by Gasteiger charge is -2.10. The van der Waals surface area contributed by atoms with Crippen LogP contribution in [0.2, 0.25) is 5.02 Å². The number of rotatable bonds is 7. The van der Waals surface area contributed by atoms with Crippen LogP contribution in [0.15, 0.2) is 42.5 Å². The van der Waals surface area contributed by atoms with Crippen LogP contribution in [0, 0.1) is 5.82 Å². The van der Waals surface area contributed by atoms with E-state index in [-0.39, 0.29) is 5.69 Å². The van der Waals surface area contributed by atoms with Gasteiger partial charge in [0.05, 0.1) is 19.2 Å². The van der Waals surface area contributed by atoms with E-state index in [9.17, 15) is 14.0 Å². The summed E-state index contributed by atoms with van der Waals surface area (Å²) >= 11 is 6.08. The van der Waals surface area contributed by atoms with Gasteiger partial charge in [0.15, 0.2) is 18.1 Å². The van der Waals surface area contributed by atoms with Crippen molar-refractivity contribution in [3.63, 3.8) is 0 Å². The highest BCUT2D eigenvalue weighted by molar-refractivity contribution is 6.32. The number of methoxy groups -OCH3 is 2. The van der Waals surface area contributed by atoms with E-state index < -0.39 is 24.3 Å². The van der Waals surface area contributed by atoms with Crippen molar-refractivity contribution in [2.24, 2.45) is 0 Å². The molecule has 0 aliphatic rings. The molecule has 0 saturated carbocycles. The zero-order chi connectivity index (χ0) is 19.8. The molecule has 1 amide bonds. The van der Waals surface area contributed by atoms with E-state index in [4.69, 9.17) is 25.8 Å². The fraction of sp³-hybridized carbons (Fsp3) is 0.158. The third-order valence-electron chi connectivity index (χ3n) is 3.32. The maximum atomic E-state index is 13.1. The SMILES string of the molecule is COc1cc(/C=C/C(=O)OCC(=O)Nc2cccc(F)c2)cc(Cl)c1OC. The summed E-state index contributed by atoms with van der Waals surface area (Å²) in [5.41, 5.74) is 0.852. The average molecular weight is 394 g/mol. The summed E-state index contributed by atoms with van der Waals surface area (Å²) in [6.07, 6.45) is 2.60. The zero-order valence-electron chi connectivity index (χ0n) is 14.6. The van der Waals surface area contributed by atoms with Gasteiger partial charge in [-0.2, -0.15) is 0 Å². The molecule has 2 aromatic carbocycles. The molecule has 142 valence electrons. The maximum Gasteiger partial charge on any atom is 0.331 e. The molecule has 0 fully saturated rings. The van der Waals surface area contributed by atoms with Gasteiger partial charge in [-0.1, -0.05) is 17.7 Å². The lowest BCUT2D eigenvalue weighted by molar-refractivity contribution is -0.142. The average Bonchev–Trinajstić information content (AvgIpc) is 2.64. The van der Waals surface area contributed by atoms with Gasteiger partial charge >= 0.3 is 5.97 Å². The minimum Gasteiger partial charge on any atom is -0.493 e. The molecule has 0 spiro atoms. The van der Waals surface area contributed by atoms with Crippen molar-refractivity contribution < 1.29 is 28.2 Å². The van der Waals surface area contributed by atoms with Crippen LogP contribution in [0.5, 0.6) is 11.5 Å². The number of anilines is 1. The van der Waals surface area contributed by atoms with Gasteiger partial charge in [-0.25, -0.2) is 9.18 Å². The fourth-order valence-electron chi connectivity index (χ4n) is 2.15. The third kappa shape index (κ3) is 6.00. The summed E-state index contributed by atoms with van der Waals surface area (Å²) in [7, 11) is 2.93. The molecule has 0 bridgehead atoms. The molecule has 0 aliphatic heterocycles. The number of carbonyl (C=O) groups excluding carboxylic acids is 2. The van der Waals surface area contributed by atoms with E-state index >= 15 is 0 Å². The number of halogens is 2. The van der Waals surface area contributed by atoms with Crippen LogP contribution in [0.25, 0.3) is 6.08 Å². The van der Waals surface area contributed by atoms with Crippen molar-refractivity contribution in [2.75, 3.05) is 26.1 Å². The Kier molecular flexibility index (Phi) is 7.19. The first kappa shape index (κ1) is 20.3. The lowest BCUT2D eigenvalue weighted by Crippen LogP contribution is -2.20. The van der Waals surface area contributed by atoms with E-state index in [0.717, 1.165) is 12.1 Å². The van der Waals surface area contributed by atoms with E-state index in [0.29, 0.717) is 22.1 Å². The maximum absolute atomic E-state index is 13.1. The van der Waals surface area contributed by atoms with Gasteiger partial charge in [0.1, 0.15) is 5.82 Å². The summed E-state index contributed by atoms with van der Waals surface area (Å²) in [5, 5.41) is 2.74. The molecule has 0 aliphatic carbocycles. The van der Waals surface area contributed by atoms with Gasteiger partial charge in [-0.3, -0.25) is 4.79 Å². The normalized spacial score (nSPS) is 10.5. The van der Waals surface area contributed by atoms with E-state index in [1.165, 1.54) is 38.5 Å². The summed E-state index contributed by atoms with van der Waals surface area (Å²) < 4.78 is 28.2. The van der Waals surface area contributed by atoms with Gasteiger partial charge < -0.3 is 19.5 Å². The Balaban J connectivity index is 1.91. The molecule has 0 heterocycles. The second-order valence-electron chi connectivity index (χ2n) is 5.24. The smallest absolute Gasteiger partial charge is 0.331 e. The van der Waals surface area contributed by atoms with Crippen LogP contribution < -0.4 is 14.8 Å². The summed E-state index contributed by atoms with van der Waals surface area (Å²) in [4.78, 5) is 23.5. The molecule has 6 nitrogen and oxygen atoms in total. The van der Waals surface area contributed by atoms with Crippen molar-refractivity contribution in [3.8, 4) is 11.5 Å². The predicted octanol–water partition coefficient (Wildman–Crippen LogP) is 3.69. The first-order valence-electron chi connectivity index (χ1n) is 7.74. The summed E-state index contributed by atoms with van der Waals surface area (Å²) in [6, 6.07) is 8.59. The van der Waals surface area contributed by atoms with Gasteiger partial charge in [-0.05, 0) is 42.0 Å². The van der Waals surface area contributed by atoms with Gasteiger partial charge in [0.25, 0.3) is 5.91 Å². The van der Waals surface area contributed by atoms with Crippen LogP contribution in [0.4, 0.5) is 10.1 Å². The van der Waals surface area contributed by atoms with Crippen LogP contribution in [0.1, 0.15) is 5.56 Å². The minimum absolute atomic E-state index is 0.270. The Morgan fingerprint density at radius 3 is 2.63 bits per heavy atom. The quantitative estimate of drug-likeness (QED) is 0.573. The number of amides is 1. The van der Waals surface area contributed by atoms with Crippen molar-refractivity contribution in [2.45, 2.75) is 0 Å². The summed E-state index contributed by atoms with van der Waals surface area (Å²) in [5.74, 6) is -1.01. The number of hydrogen-bond acceptors (Lipinski definition) is 5.